The molecule has 0 aliphatic heterocycles. The zero-order valence-electron chi connectivity index (χ0n) is 8.58. The molecule has 1 heterocycles. The lowest BCUT2D eigenvalue weighted by Crippen LogP contribution is -1.97. The van der Waals surface area contributed by atoms with E-state index >= 15 is 0 Å². The van der Waals surface area contributed by atoms with Crippen LogP contribution in [-0.2, 0) is 6.54 Å². The van der Waals surface area contributed by atoms with Gasteiger partial charge in [-0.25, -0.2) is 4.68 Å². The van der Waals surface area contributed by atoms with E-state index in [4.69, 9.17) is 17.3 Å². The van der Waals surface area contributed by atoms with Crippen molar-refractivity contribution in [2.45, 2.75) is 6.54 Å². The Kier molecular flexibility index (Phi) is 3.03. The second-order valence-corrected chi connectivity index (χ2v) is 3.66. The molecule has 0 bridgehead atoms. The molecule has 1 aromatic carbocycles. The second-order valence-electron chi connectivity index (χ2n) is 3.25. The molecule has 2 aromatic rings. The molecule has 0 aliphatic carbocycles. The van der Waals surface area contributed by atoms with E-state index in [0.29, 0.717) is 11.4 Å². The Hall–Kier alpha value is -1.99. The number of nitro groups is 1. The third kappa shape index (κ3) is 2.24. The van der Waals surface area contributed by atoms with Crippen LogP contribution in [0.2, 0.25) is 5.02 Å². The van der Waals surface area contributed by atoms with Gasteiger partial charge in [-0.05, 0) is 12.1 Å². The van der Waals surface area contributed by atoms with Crippen molar-refractivity contribution in [3.8, 4) is 5.69 Å². The molecule has 0 amide bonds. The van der Waals surface area contributed by atoms with Crippen molar-refractivity contribution in [3.05, 3.63) is 45.2 Å². The van der Waals surface area contributed by atoms with Crippen molar-refractivity contribution < 1.29 is 4.92 Å². The number of hydrogen-bond donors (Lipinski definition) is 1. The zero-order valence-corrected chi connectivity index (χ0v) is 9.33. The van der Waals surface area contributed by atoms with E-state index in [0.717, 1.165) is 0 Å². The summed E-state index contributed by atoms with van der Waals surface area (Å²) in [6, 6.07) is 4.39. The number of halogens is 1. The summed E-state index contributed by atoms with van der Waals surface area (Å²) in [6.07, 6.45) is 1.60. The van der Waals surface area contributed by atoms with Crippen LogP contribution in [0.4, 0.5) is 5.69 Å². The Morgan fingerprint density at radius 1 is 1.53 bits per heavy atom. The fourth-order valence-corrected chi connectivity index (χ4v) is 1.49. The molecular weight excluding hydrogens is 246 g/mol. The molecular formula is C9H8ClN5O2. The van der Waals surface area contributed by atoms with Crippen molar-refractivity contribution >= 4 is 17.3 Å². The van der Waals surface area contributed by atoms with E-state index in [9.17, 15) is 10.1 Å². The van der Waals surface area contributed by atoms with Crippen molar-refractivity contribution in [1.82, 2.24) is 15.0 Å². The first-order chi connectivity index (χ1) is 8.11. The summed E-state index contributed by atoms with van der Waals surface area (Å²) in [6.45, 7) is 0.260. The maximum atomic E-state index is 10.7. The number of hydrogen-bond acceptors (Lipinski definition) is 5. The highest BCUT2D eigenvalue weighted by atomic mass is 35.5. The molecule has 2 rings (SSSR count). The molecule has 0 saturated carbocycles. The standard InChI is InChI=1S/C9H8ClN5O2/c10-8-2-1-7(3-9(8)15(16)17)14-5-6(4-11)12-13-14/h1-3,5H,4,11H2. The van der Waals surface area contributed by atoms with Gasteiger partial charge in [-0.1, -0.05) is 16.8 Å². The summed E-state index contributed by atoms with van der Waals surface area (Å²) in [4.78, 5) is 10.2. The fraction of sp³-hybridized carbons (Fsp3) is 0.111. The molecule has 7 nitrogen and oxygen atoms in total. The fourth-order valence-electron chi connectivity index (χ4n) is 1.30. The van der Waals surface area contributed by atoms with Gasteiger partial charge in [0.05, 0.1) is 22.5 Å². The Morgan fingerprint density at radius 3 is 2.88 bits per heavy atom. The van der Waals surface area contributed by atoms with Crippen molar-refractivity contribution in [3.63, 3.8) is 0 Å². The van der Waals surface area contributed by atoms with Crippen LogP contribution in [-0.4, -0.2) is 19.9 Å². The molecule has 0 unspecified atom stereocenters. The number of nitrogens with zero attached hydrogens (tertiary/aromatic N) is 4. The summed E-state index contributed by atoms with van der Waals surface area (Å²) in [5, 5.41) is 18.4. The number of nitro benzene ring substituents is 1. The quantitative estimate of drug-likeness (QED) is 0.656. The molecule has 17 heavy (non-hydrogen) atoms. The summed E-state index contributed by atoms with van der Waals surface area (Å²) < 4.78 is 1.41. The maximum Gasteiger partial charge on any atom is 0.290 e. The lowest BCUT2D eigenvalue weighted by Gasteiger charge is -2.00. The Balaban J connectivity index is 2.46. The molecule has 2 N–H and O–H groups in total. The third-order valence-electron chi connectivity index (χ3n) is 2.14. The van der Waals surface area contributed by atoms with E-state index in [2.05, 4.69) is 10.3 Å². The third-order valence-corrected chi connectivity index (χ3v) is 2.46. The molecule has 0 fully saturated rings. The summed E-state index contributed by atoms with van der Waals surface area (Å²) in [7, 11) is 0. The topological polar surface area (TPSA) is 99.9 Å². The molecule has 0 spiro atoms. The van der Waals surface area contributed by atoms with Gasteiger partial charge in [-0.15, -0.1) is 5.10 Å². The van der Waals surface area contributed by atoms with Crippen LogP contribution < -0.4 is 5.73 Å². The van der Waals surface area contributed by atoms with Gasteiger partial charge in [0.2, 0.25) is 0 Å². The molecule has 1 aromatic heterocycles. The number of aromatic nitrogens is 3. The molecule has 0 saturated heterocycles. The minimum atomic E-state index is -0.549. The number of rotatable bonds is 3. The van der Waals surface area contributed by atoms with Crippen LogP contribution in [0, 0.1) is 10.1 Å². The van der Waals surface area contributed by atoms with Crippen LogP contribution in [0.5, 0.6) is 0 Å². The first-order valence-electron chi connectivity index (χ1n) is 4.67. The highest BCUT2D eigenvalue weighted by molar-refractivity contribution is 6.32. The van der Waals surface area contributed by atoms with Gasteiger partial charge in [-0.2, -0.15) is 0 Å². The predicted octanol–water partition coefficient (Wildman–Crippen LogP) is 1.29. The van der Waals surface area contributed by atoms with E-state index < -0.39 is 4.92 Å². The van der Waals surface area contributed by atoms with Crippen LogP contribution in [0.1, 0.15) is 5.69 Å². The largest absolute Gasteiger partial charge is 0.325 e. The average Bonchev–Trinajstić information content (AvgIpc) is 2.78. The maximum absolute atomic E-state index is 10.7. The SMILES string of the molecule is NCc1cn(-c2ccc(Cl)c([N+](=O)[O-])c2)nn1. The van der Waals surface area contributed by atoms with Crippen LogP contribution >= 0.6 is 11.6 Å². The Morgan fingerprint density at radius 2 is 2.29 bits per heavy atom. The van der Waals surface area contributed by atoms with E-state index in [1.807, 2.05) is 0 Å². The van der Waals surface area contributed by atoms with Gasteiger partial charge in [0, 0.05) is 12.6 Å². The summed E-state index contributed by atoms with van der Waals surface area (Å²) >= 11 is 5.70. The molecule has 0 atom stereocenters. The van der Waals surface area contributed by atoms with Crippen molar-refractivity contribution in [2.24, 2.45) is 5.73 Å². The molecule has 8 heteroatoms. The lowest BCUT2D eigenvalue weighted by atomic mass is 10.3. The summed E-state index contributed by atoms with van der Waals surface area (Å²) in [5.41, 5.74) is 6.33. The smallest absolute Gasteiger partial charge is 0.290 e. The highest BCUT2D eigenvalue weighted by Gasteiger charge is 2.14. The van der Waals surface area contributed by atoms with Gasteiger partial charge in [0.25, 0.3) is 5.69 Å². The van der Waals surface area contributed by atoms with Crippen LogP contribution in [0.3, 0.4) is 0 Å². The number of nitrogens with two attached hydrogens (primary N) is 1. The number of benzene rings is 1. The first kappa shape index (κ1) is 11.5. The molecule has 0 aliphatic rings. The average molecular weight is 254 g/mol. The van der Waals surface area contributed by atoms with E-state index in [-0.39, 0.29) is 17.3 Å². The Labute approximate surface area is 101 Å². The van der Waals surface area contributed by atoms with Crippen LogP contribution in [0.25, 0.3) is 5.69 Å². The second kappa shape index (κ2) is 4.48. The van der Waals surface area contributed by atoms with E-state index in [1.54, 1.807) is 12.3 Å². The van der Waals surface area contributed by atoms with Crippen LogP contribution in [0.15, 0.2) is 24.4 Å². The zero-order chi connectivity index (χ0) is 12.4. The van der Waals surface area contributed by atoms with Gasteiger partial charge in [0.1, 0.15) is 5.02 Å². The minimum Gasteiger partial charge on any atom is -0.325 e. The molecule has 88 valence electrons. The predicted molar refractivity (Wildman–Crippen MR) is 60.9 cm³/mol. The lowest BCUT2D eigenvalue weighted by molar-refractivity contribution is -0.384. The Bertz CT molecular complexity index is 568. The monoisotopic (exact) mass is 253 g/mol. The molecule has 0 radical (unpaired) electrons. The highest BCUT2D eigenvalue weighted by Crippen LogP contribution is 2.26. The van der Waals surface area contributed by atoms with Gasteiger partial charge in [-0.3, -0.25) is 10.1 Å². The van der Waals surface area contributed by atoms with Gasteiger partial charge < -0.3 is 5.73 Å². The van der Waals surface area contributed by atoms with Crippen molar-refractivity contribution in [1.29, 1.82) is 0 Å². The van der Waals surface area contributed by atoms with Gasteiger partial charge in [0.15, 0.2) is 0 Å². The van der Waals surface area contributed by atoms with Crippen molar-refractivity contribution in [2.75, 3.05) is 0 Å². The van der Waals surface area contributed by atoms with E-state index in [1.165, 1.54) is 16.8 Å². The minimum absolute atomic E-state index is 0.0814. The summed E-state index contributed by atoms with van der Waals surface area (Å²) in [5.74, 6) is 0. The van der Waals surface area contributed by atoms with Gasteiger partial charge >= 0.3 is 0 Å². The normalized spacial score (nSPS) is 10.5. The first-order valence-corrected chi connectivity index (χ1v) is 5.05.